The molecule has 0 aliphatic rings. The van der Waals surface area contributed by atoms with Crippen LogP contribution in [0.1, 0.15) is 5.56 Å². The smallest absolute Gasteiger partial charge is 0.159 e. The highest BCUT2D eigenvalue weighted by molar-refractivity contribution is 5.64. The molecule has 18 heavy (non-hydrogen) atoms. The lowest BCUT2D eigenvalue weighted by atomic mass is 10.1. The Morgan fingerprint density at radius 2 is 1.94 bits per heavy atom. The topological polar surface area (TPSA) is 74.7 Å². The van der Waals surface area contributed by atoms with Gasteiger partial charge in [0.05, 0.1) is 11.3 Å². The van der Waals surface area contributed by atoms with Crippen molar-refractivity contribution in [2.24, 2.45) is 5.84 Å². The predicted octanol–water partition coefficient (Wildman–Crippen LogP) is 2.18. The van der Waals surface area contributed by atoms with Crippen molar-refractivity contribution in [1.82, 2.24) is 4.98 Å². The van der Waals surface area contributed by atoms with E-state index in [2.05, 4.69) is 10.4 Å². The Morgan fingerprint density at radius 3 is 2.56 bits per heavy atom. The molecule has 0 saturated heterocycles. The van der Waals surface area contributed by atoms with Crippen LogP contribution in [-0.2, 0) is 0 Å². The number of halogens is 2. The summed E-state index contributed by atoms with van der Waals surface area (Å²) in [6.07, 6.45) is 0. The van der Waals surface area contributed by atoms with E-state index in [-0.39, 0.29) is 11.4 Å². The molecule has 0 spiro atoms. The standard InChI is InChI=1S/C12H8F2N4/c13-9-3-1-7(5-10(9)14)11-4-2-8(6-15)12(17-11)18-16/h1-5H,16H2,(H,17,18). The van der Waals surface area contributed by atoms with Gasteiger partial charge in [-0.3, -0.25) is 0 Å². The molecule has 0 atom stereocenters. The molecule has 3 N–H and O–H groups in total. The van der Waals surface area contributed by atoms with E-state index >= 15 is 0 Å². The molecule has 0 amide bonds. The minimum absolute atomic E-state index is 0.180. The van der Waals surface area contributed by atoms with Gasteiger partial charge in [0.15, 0.2) is 17.5 Å². The summed E-state index contributed by atoms with van der Waals surface area (Å²) in [6, 6.07) is 8.38. The highest BCUT2D eigenvalue weighted by atomic mass is 19.2. The first kappa shape index (κ1) is 12.0. The minimum atomic E-state index is -0.957. The molecule has 1 heterocycles. The van der Waals surface area contributed by atoms with Crippen LogP contribution in [0.4, 0.5) is 14.6 Å². The molecule has 1 aromatic heterocycles. The lowest BCUT2D eigenvalue weighted by Gasteiger charge is -2.06. The maximum atomic E-state index is 13.1. The Balaban J connectivity index is 2.51. The average Bonchev–Trinajstić information content (AvgIpc) is 2.41. The first-order valence-corrected chi connectivity index (χ1v) is 4.99. The summed E-state index contributed by atoms with van der Waals surface area (Å²) in [7, 11) is 0. The SMILES string of the molecule is N#Cc1ccc(-c2ccc(F)c(F)c2)nc1NN. The largest absolute Gasteiger partial charge is 0.307 e. The van der Waals surface area contributed by atoms with Gasteiger partial charge in [0, 0.05) is 5.56 Å². The molecular formula is C12H8F2N4. The normalized spacial score (nSPS) is 9.89. The number of nitrogens with zero attached hydrogens (tertiary/aromatic N) is 2. The Labute approximate surface area is 102 Å². The third-order valence-corrected chi connectivity index (χ3v) is 2.37. The number of rotatable bonds is 2. The molecule has 4 nitrogen and oxygen atoms in total. The van der Waals surface area contributed by atoms with E-state index in [4.69, 9.17) is 11.1 Å². The summed E-state index contributed by atoms with van der Waals surface area (Å²) >= 11 is 0. The van der Waals surface area contributed by atoms with Crippen LogP contribution in [0.15, 0.2) is 30.3 Å². The van der Waals surface area contributed by atoms with Gasteiger partial charge in [-0.05, 0) is 30.3 Å². The molecule has 2 rings (SSSR count). The number of hydrogen-bond acceptors (Lipinski definition) is 4. The lowest BCUT2D eigenvalue weighted by Crippen LogP contribution is -2.10. The number of nitrogens with two attached hydrogens (primary N) is 1. The van der Waals surface area contributed by atoms with Crippen LogP contribution in [0.25, 0.3) is 11.3 Å². The summed E-state index contributed by atoms with van der Waals surface area (Å²) in [5.41, 5.74) is 3.34. The third-order valence-electron chi connectivity index (χ3n) is 2.37. The zero-order valence-electron chi connectivity index (χ0n) is 9.11. The highest BCUT2D eigenvalue weighted by Gasteiger charge is 2.08. The van der Waals surface area contributed by atoms with Crippen molar-refractivity contribution in [3.63, 3.8) is 0 Å². The van der Waals surface area contributed by atoms with Gasteiger partial charge in [0.25, 0.3) is 0 Å². The number of anilines is 1. The Kier molecular flexibility index (Phi) is 3.17. The lowest BCUT2D eigenvalue weighted by molar-refractivity contribution is 0.509. The fraction of sp³-hybridized carbons (Fsp3) is 0. The van der Waals surface area contributed by atoms with E-state index in [0.717, 1.165) is 12.1 Å². The van der Waals surface area contributed by atoms with Crippen LogP contribution in [0.5, 0.6) is 0 Å². The van der Waals surface area contributed by atoms with Crippen molar-refractivity contribution >= 4 is 5.82 Å². The predicted molar refractivity (Wildman–Crippen MR) is 62.1 cm³/mol. The van der Waals surface area contributed by atoms with Crippen LogP contribution in [0.2, 0.25) is 0 Å². The summed E-state index contributed by atoms with van der Waals surface area (Å²) in [5, 5.41) is 8.80. The van der Waals surface area contributed by atoms with Gasteiger partial charge >= 0.3 is 0 Å². The number of pyridine rings is 1. The second-order valence-corrected chi connectivity index (χ2v) is 3.48. The van der Waals surface area contributed by atoms with Gasteiger partial charge in [-0.2, -0.15) is 5.26 Å². The molecular weight excluding hydrogens is 238 g/mol. The average molecular weight is 246 g/mol. The second kappa shape index (κ2) is 4.77. The molecule has 2 aromatic rings. The summed E-state index contributed by atoms with van der Waals surface area (Å²) in [4.78, 5) is 4.06. The quantitative estimate of drug-likeness (QED) is 0.629. The van der Waals surface area contributed by atoms with E-state index in [0.29, 0.717) is 11.3 Å². The summed E-state index contributed by atoms with van der Waals surface area (Å²) in [5.74, 6) is 3.53. The first-order valence-electron chi connectivity index (χ1n) is 4.99. The van der Waals surface area contributed by atoms with E-state index in [1.54, 1.807) is 0 Å². The van der Waals surface area contributed by atoms with E-state index in [1.165, 1.54) is 18.2 Å². The maximum absolute atomic E-state index is 13.1. The van der Waals surface area contributed by atoms with Crippen LogP contribution < -0.4 is 11.3 Å². The molecule has 0 aliphatic heterocycles. The molecule has 0 aliphatic carbocycles. The van der Waals surface area contributed by atoms with Crippen LogP contribution >= 0.6 is 0 Å². The summed E-state index contributed by atoms with van der Waals surface area (Å²) < 4.78 is 25.9. The Hall–Kier alpha value is -2.52. The molecule has 0 radical (unpaired) electrons. The number of hydrogen-bond donors (Lipinski definition) is 2. The van der Waals surface area contributed by atoms with Crippen molar-refractivity contribution < 1.29 is 8.78 Å². The Bertz CT molecular complexity index is 634. The number of nitrogens with one attached hydrogen (secondary N) is 1. The first-order chi connectivity index (χ1) is 8.65. The van der Waals surface area contributed by atoms with Crippen molar-refractivity contribution in [2.45, 2.75) is 0 Å². The van der Waals surface area contributed by atoms with E-state index in [1.807, 2.05) is 6.07 Å². The monoisotopic (exact) mass is 246 g/mol. The number of nitriles is 1. The Morgan fingerprint density at radius 1 is 1.17 bits per heavy atom. The zero-order chi connectivity index (χ0) is 13.1. The summed E-state index contributed by atoms with van der Waals surface area (Å²) in [6.45, 7) is 0. The van der Waals surface area contributed by atoms with Gasteiger partial charge in [0.1, 0.15) is 6.07 Å². The highest BCUT2D eigenvalue weighted by Crippen LogP contribution is 2.22. The van der Waals surface area contributed by atoms with E-state index in [9.17, 15) is 8.78 Å². The zero-order valence-corrected chi connectivity index (χ0v) is 9.11. The second-order valence-electron chi connectivity index (χ2n) is 3.48. The molecule has 6 heteroatoms. The van der Waals surface area contributed by atoms with Crippen molar-refractivity contribution in [2.75, 3.05) is 5.43 Å². The number of nitrogen functional groups attached to an aromatic ring is 1. The number of aromatic nitrogens is 1. The molecule has 0 saturated carbocycles. The molecule has 90 valence electrons. The van der Waals surface area contributed by atoms with Crippen LogP contribution in [-0.4, -0.2) is 4.98 Å². The molecule has 0 unspecified atom stereocenters. The number of hydrazine groups is 1. The molecule has 0 bridgehead atoms. The molecule has 0 fully saturated rings. The van der Waals surface area contributed by atoms with Crippen LogP contribution in [0, 0.1) is 23.0 Å². The maximum Gasteiger partial charge on any atom is 0.159 e. The van der Waals surface area contributed by atoms with Gasteiger partial charge in [-0.1, -0.05) is 0 Å². The van der Waals surface area contributed by atoms with Gasteiger partial charge in [-0.25, -0.2) is 19.6 Å². The van der Waals surface area contributed by atoms with Gasteiger partial charge in [-0.15, -0.1) is 0 Å². The minimum Gasteiger partial charge on any atom is -0.307 e. The van der Waals surface area contributed by atoms with Gasteiger partial charge in [0.2, 0.25) is 0 Å². The fourth-order valence-electron chi connectivity index (χ4n) is 1.48. The fourth-order valence-corrected chi connectivity index (χ4v) is 1.48. The molecule has 1 aromatic carbocycles. The van der Waals surface area contributed by atoms with Crippen LogP contribution in [0.3, 0.4) is 0 Å². The third kappa shape index (κ3) is 2.12. The van der Waals surface area contributed by atoms with Crippen molar-refractivity contribution in [3.05, 3.63) is 47.5 Å². The van der Waals surface area contributed by atoms with E-state index < -0.39 is 11.6 Å². The van der Waals surface area contributed by atoms with Crippen molar-refractivity contribution in [1.29, 1.82) is 5.26 Å². The number of benzene rings is 1. The van der Waals surface area contributed by atoms with Gasteiger partial charge < -0.3 is 5.43 Å². The van der Waals surface area contributed by atoms with Crippen molar-refractivity contribution in [3.8, 4) is 17.3 Å².